The van der Waals surface area contributed by atoms with E-state index >= 15 is 0 Å². The number of nitrogens with one attached hydrogen (secondary N) is 1. The van der Waals surface area contributed by atoms with Crippen LogP contribution in [0.25, 0.3) is 0 Å². The molecule has 20 heavy (non-hydrogen) atoms. The Labute approximate surface area is 122 Å². The van der Waals surface area contributed by atoms with Crippen LogP contribution >= 0.6 is 11.6 Å². The van der Waals surface area contributed by atoms with Gasteiger partial charge in [0.15, 0.2) is 0 Å². The Kier molecular flexibility index (Phi) is 4.49. The van der Waals surface area contributed by atoms with Gasteiger partial charge in [-0.25, -0.2) is 13.1 Å². The quantitative estimate of drug-likeness (QED) is 0.887. The number of hydrogen-bond acceptors (Lipinski definition) is 4. The highest BCUT2D eigenvalue weighted by Crippen LogP contribution is 2.24. The molecule has 0 radical (unpaired) electrons. The van der Waals surface area contributed by atoms with Crippen LogP contribution in [0.5, 0.6) is 0 Å². The molecule has 0 aliphatic carbocycles. The van der Waals surface area contributed by atoms with E-state index in [-0.39, 0.29) is 16.5 Å². The van der Waals surface area contributed by atoms with Crippen LogP contribution in [-0.4, -0.2) is 8.42 Å². The summed E-state index contributed by atoms with van der Waals surface area (Å²) in [7, 11) is -3.75. The molecule has 0 aliphatic rings. The number of hydrogen-bond donors (Lipinski definition) is 2. The highest BCUT2D eigenvalue weighted by atomic mass is 35.5. The lowest BCUT2D eigenvalue weighted by molar-refractivity contribution is 0.459. The summed E-state index contributed by atoms with van der Waals surface area (Å²) >= 11 is 5.96. The average Bonchev–Trinajstić information content (AvgIpc) is 2.92. The number of sulfonamides is 1. The van der Waals surface area contributed by atoms with Crippen molar-refractivity contribution < 1.29 is 12.8 Å². The molecular weight excluding hydrogens is 300 g/mol. The largest absolute Gasteiger partial charge is 0.468 e. The summed E-state index contributed by atoms with van der Waals surface area (Å²) in [6.45, 7) is 1.94. The van der Waals surface area contributed by atoms with E-state index in [1.807, 2.05) is 0 Å². The number of benzene rings is 1. The first-order valence-corrected chi connectivity index (χ1v) is 7.84. The van der Waals surface area contributed by atoms with E-state index in [4.69, 9.17) is 21.8 Å². The molecule has 0 fully saturated rings. The van der Waals surface area contributed by atoms with Crippen molar-refractivity contribution in [2.75, 3.05) is 0 Å². The fourth-order valence-corrected chi connectivity index (χ4v) is 3.53. The standard InChI is InChI=1S/C13H15ClN2O3S/c1-9(12-3-2-6-19-12)16-20(17,18)13-7-10(8-15)4-5-11(13)14/h2-7,9,16H,8,15H2,1H3. The fourth-order valence-electron chi connectivity index (χ4n) is 1.77. The SMILES string of the molecule is CC(NS(=O)(=O)c1cc(CN)ccc1Cl)c1ccco1. The number of nitrogens with two attached hydrogens (primary N) is 1. The van der Waals surface area contributed by atoms with Gasteiger partial charge in [0.1, 0.15) is 10.7 Å². The van der Waals surface area contributed by atoms with Crippen LogP contribution in [0.15, 0.2) is 45.9 Å². The molecule has 3 N–H and O–H groups in total. The average molecular weight is 315 g/mol. The lowest BCUT2D eigenvalue weighted by Gasteiger charge is -2.13. The van der Waals surface area contributed by atoms with Crippen LogP contribution in [0.1, 0.15) is 24.3 Å². The van der Waals surface area contributed by atoms with Crippen molar-refractivity contribution in [1.82, 2.24) is 4.72 Å². The molecule has 0 saturated carbocycles. The first-order chi connectivity index (χ1) is 9.44. The lowest BCUT2D eigenvalue weighted by atomic mass is 10.2. The summed E-state index contributed by atoms with van der Waals surface area (Å²) in [5.74, 6) is 0.527. The molecule has 2 rings (SSSR count). The summed E-state index contributed by atoms with van der Waals surface area (Å²) in [5.41, 5.74) is 6.21. The van der Waals surface area contributed by atoms with E-state index in [1.54, 1.807) is 25.1 Å². The van der Waals surface area contributed by atoms with Gasteiger partial charge in [-0.1, -0.05) is 17.7 Å². The molecule has 1 aromatic heterocycles. The predicted molar refractivity (Wildman–Crippen MR) is 76.8 cm³/mol. The Morgan fingerprint density at radius 1 is 1.40 bits per heavy atom. The Morgan fingerprint density at radius 3 is 2.75 bits per heavy atom. The van der Waals surface area contributed by atoms with Gasteiger partial charge >= 0.3 is 0 Å². The third-order valence-corrected chi connectivity index (χ3v) is 4.85. The highest BCUT2D eigenvalue weighted by molar-refractivity contribution is 7.89. The van der Waals surface area contributed by atoms with Crippen LogP contribution in [0.2, 0.25) is 5.02 Å². The fraction of sp³-hybridized carbons (Fsp3) is 0.231. The number of halogens is 1. The van der Waals surface area contributed by atoms with Crippen molar-refractivity contribution in [2.24, 2.45) is 5.73 Å². The molecule has 0 saturated heterocycles. The summed E-state index contributed by atoms with van der Waals surface area (Å²) in [4.78, 5) is 0.0144. The Bertz CT molecular complexity index is 684. The minimum Gasteiger partial charge on any atom is -0.468 e. The van der Waals surface area contributed by atoms with Crippen LogP contribution < -0.4 is 10.5 Å². The van der Waals surface area contributed by atoms with Gasteiger partial charge < -0.3 is 10.2 Å². The summed E-state index contributed by atoms with van der Waals surface area (Å²) < 4.78 is 32.4. The monoisotopic (exact) mass is 314 g/mol. The molecule has 1 heterocycles. The summed E-state index contributed by atoms with van der Waals surface area (Å²) in [6.07, 6.45) is 1.49. The van der Waals surface area contributed by atoms with Gasteiger partial charge in [-0.3, -0.25) is 0 Å². The van der Waals surface area contributed by atoms with Crippen molar-refractivity contribution in [3.63, 3.8) is 0 Å². The Hall–Kier alpha value is -1.34. The summed E-state index contributed by atoms with van der Waals surface area (Å²) in [6, 6.07) is 7.59. The molecule has 108 valence electrons. The second kappa shape index (κ2) is 5.97. The molecule has 0 bridgehead atoms. The molecule has 5 nitrogen and oxygen atoms in total. The molecular formula is C13H15ClN2O3S. The maximum atomic E-state index is 12.3. The lowest BCUT2D eigenvalue weighted by Crippen LogP contribution is -2.27. The van der Waals surface area contributed by atoms with Crippen LogP contribution in [-0.2, 0) is 16.6 Å². The van der Waals surface area contributed by atoms with Crippen molar-refractivity contribution in [1.29, 1.82) is 0 Å². The van der Waals surface area contributed by atoms with Gasteiger partial charge in [-0.15, -0.1) is 0 Å². The topological polar surface area (TPSA) is 85.3 Å². The maximum Gasteiger partial charge on any atom is 0.242 e. The Morgan fingerprint density at radius 2 is 2.15 bits per heavy atom. The van der Waals surface area contributed by atoms with Crippen molar-refractivity contribution >= 4 is 21.6 Å². The van der Waals surface area contributed by atoms with Crippen LogP contribution in [0, 0.1) is 0 Å². The van der Waals surface area contributed by atoms with E-state index in [2.05, 4.69) is 4.72 Å². The third kappa shape index (κ3) is 3.21. The number of furan rings is 1. The maximum absolute atomic E-state index is 12.3. The van der Waals surface area contributed by atoms with Gasteiger partial charge in [0, 0.05) is 6.54 Å². The molecule has 1 atom stereocenters. The van der Waals surface area contributed by atoms with E-state index < -0.39 is 16.1 Å². The van der Waals surface area contributed by atoms with Gasteiger partial charge in [0.05, 0.1) is 17.3 Å². The number of rotatable bonds is 5. The van der Waals surface area contributed by atoms with Crippen LogP contribution in [0.4, 0.5) is 0 Å². The second-order valence-corrected chi connectivity index (χ2v) is 6.42. The molecule has 1 aromatic carbocycles. The first kappa shape index (κ1) is 15.1. The van der Waals surface area contributed by atoms with Gasteiger partial charge in [0.2, 0.25) is 10.0 Å². The highest BCUT2D eigenvalue weighted by Gasteiger charge is 2.22. The molecule has 1 unspecified atom stereocenters. The third-order valence-electron chi connectivity index (χ3n) is 2.82. The van der Waals surface area contributed by atoms with Gasteiger partial charge in [-0.2, -0.15) is 0 Å². The zero-order valence-corrected chi connectivity index (χ0v) is 12.4. The normalized spacial score (nSPS) is 13.3. The molecule has 0 aliphatic heterocycles. The molecule has 2 aromatic rings. The smallest absolute Gasteiger partial charge is 0.242 e. The van der Waals surface area contributed by atoms with E-state index in [9.17, 15) is 8.42 Å². The minimum atomic E-state index is -3.75. The van der Waals surface area contributed by atoms with Crippen LogP contribution in [0.3, 0.4) is 0 Å². The van der Waals surface area contributed by atoms with Gasteiger partial charge in [0.25, 0.3) is 0 Å². The molecule has 0 amide bonds. The summed E-state index contributed by atoms with van der Waals surface area (Å²) in [5, 5.41) is 0.154. The minimum absolute atomic E-state index is 0.0144. The van der Waals surface area contributed by atoms with Crippen molar-refractivity contribution in [2.45, 2.75) is 24.4 Å². The van der Waals surface area contributed by atoms with E-state index in [0.29, 0.717) is 11.3 Å². The zero-order chi connectivity index (χ0) is 14.8. The Balaban J connectivity index is 2.31. The zero-order valence-electron chi connectivity index (χ0n) is 10.8. The predicted octanol–water partition coefficient (Wildman–Crippen LogP) is 2.43. The second-order valence-electron chi connectivity index (χ2n) is 4.33. The van der Waals surface area contributed by atoms with E-state index in [0.717, 1.165) is 0 Å². The molecule has 0 spiro atoms. The molecule has 7 heteroatoms. The van der Waals surface area contributed by atoms with Gasteiger partial charge in [-0.05, 0) is 36.8 Å². The first-order valence-electron chi connectivity index (χ1n) is 5.98. The van der Waals surface area contributed by atoms with Crippen molar-refractivity contribution in [3.05, 3.63) is 52.9 Å². The van der Waals surface area contributed by atoms with E-state index in [1.165, 1.54) is 18.4 Å². The van der Waals surface area contributed by atoms with Crippen molar-refractivity contribution in [3.8, 4) is 0 Å².